The van der Waals surface area contributed by atoms with Crippen molar-refractivity contribution in [3.8, 4) is 5.75 Å². The molecule has 1 fully saturated rings. The molecule has 0 spiro atoms. The van der Waals surface area contributed by atoms with Gasteiger partial charge in [-0.05, 0) is 98.6 Å². The first-order chi connectivity index (χ1) is 17.6. The minimum Gasteiger partial charge on any atom is -0.468 e. The standard InChI is InChI=1S/C27H42BFO5Si/c1-25(2,3)35(9,10)32-15-11-12-21-23(29)14-13-19-16-20(31-18-30-8)17-22(24(19)21)28-33-26(4,5)27(6,7)34-28/h13-14,16-17H,11-12,15,18H2,1-10H3/i11D2,12D2. The zero-order valence-electron chi connectivity index (χ0n) is 26.7. The average molecular weight is 509 g/mol. The van der Waals surface area contributed by atoms with Crippen LogP contribution in [0.3, 0.4) is 0 Å². The summed E-state index contributed by atoms with van der Waals surface area (Å²) in [6.07, 6.45) is -5.33. The Balaban J connectivity index is 2.22. The molecule has 35 heavy (non-hydrogen) atoms. The van der Waals surface area contributed by atoms with Crippen LogP contribution < -0.4 is 10.2 Å². The van der Waals surface area contributed by atoms with Gasteiger partial charge in [0.15, 0.2) is 15.1 Å². The summed E-state index contributed by atoms with van der Waals surface area (Å²) in [5.41, 5.74) is -1.50. The maximum atomic E-state index is 15.7. The third-order valence-corrected chi connectivity index (χ3v) is 11.9. The second-order valence-electron chi connectivity index (χ2n) is 11.5. The van der Waals surface area contributed by atoms with Gasteiger partial charge in [-0.1, -0.05) is 26.8 Å². The van der Waals surface area contributed by atoms with Gasteiger partial charge >= 0.3 is 7.12 Å². The predicted molar refractivity (Wildman–Crippen MR) is 144 cm³/mol. The van der Waals surface area contributed by atoms with E-state index in [1.807, 2.05) is 61.6 Å². The molecule has 1 saturated heterocycles. The summed E-state index contributed by atoms with van der Waals surface area (Å²) in [4.78, 5) is 0. The average Bonchev–Trinajstić information content (AvgIpc) is 3.01. The first kappa shape index (κ1) is 22.7. The highest BCUT2D eigenvalue weighted by molar-refractivity contribution is 6.74. The van der Waals surface area contributed by atoms with E-state index in [1.165, 1.54) is 13.2 Å². The fourth-order valence-corrected chi connectivity index (χ4v) is 4.36. The molecule has 8 heteroatoms. The van der Waals surface area contributed by atoms with Crippen LogP contribution in [-0.4, -0.2) is 47.1 Å². The van der Waals surface area contributed by atoms with Crippen molar-refractivity contribution >= 4 is 31.7 Å². The lowest BCUT2D eigenvalue weighted by Gasteiger charge is -2.36. The van der Waals surface area contributed by atoms with E-state index < -0.39 is 57.4 Å². The minimum atomic E-state index is -2.77. The summed E-state index contributed by atoms with van der Waals surface area (Å²) in [6.45, 7) is 17.0. The van der Waals surface area contributed by atoms with Crippen LogP contribution in [0.4, 0.5) is 4.39 Å². The highest BCUT2D eigenvalue weighted by Gasteiger charge is 2.52. The Bertz CT molecular complexity index is 1200. The summed E-state index contributed by atoms with van der Waals surface area (Å²) in [6, 6.07) is 5.92. The molecule has 0 N–H and O–H groups in total. The fourth-order valence-electron chi connectivity index (χ4n) is 3.49. The molecule has 5 nitrogen and oxygen atoms in total. The van der Waals surface area contributed by atoms with Crippen LogP contribution in [-0.2, 0) is 24.8 Å². The van der Waals surface area contributed by atoms with E-state index in [4.69, 9.17) is 28.7 Å². The van der Waals surface area contributed by atoms with Gasteiger partial charge in [0.2, 0.25) is 0 Å². The molecule has 0 radical (unpaired) electrons. The second kappa shape index (κ2) is 10.1. The molecular formula is C27H42BFO5Si. The molecule has 0 aromatic heterocycles. The number of aryl methyl sites for hydroxylation is 1. The van der Waals surface area contributed by atoms with Gasteiger partial charge < -0.3 is 23.2 Å². The van der Waals surface area contributed by atoms with Gasteiger partial charge in [0.05, 0.1) is 11.2 Å². The monoisotopic (exact) mass is 508 g/mol. The Labute approximate surface area is 217 Å². The summed E-state index contributed by atoms with van der Waals surface area (Å²) in [5, 5.41) is 0.428. The van der Waals surface area contributed by atoms with E-state index in [2.05, 4.69) is 0 Å². The second-order valence-corrected chi connectivity index (χ2v) is 16.3. The Morgan fingerprint density at radius 3 is 2.29 bits per heavy atom. The number of methoxy groups -OCH3 is 1. The van der Waals surface area contributed by atoms with Crippen LogP contribution in [0.5, 0.6) is 5.75 Å². The lowest BCUT2D eigenvalue weighted by molar-refractivity contribution is 0.00578. The van der Waals surface area contributed by atoms with Crippen molar-refractivity contribution < 1.29 is 33.1 Å². The van der Waals surface area contributed by atoms with E-state index >= 15 is 4.39 Å². The topological polar surface area (TPSA) is 46.2 Å². The largest absolute Gasteiger partial charge is 0.495 e. The van der Waals surface area contributed by atoms with Crippen LogP contribution in [0, 0.1) is 5.82 Å². The quantitative estimate of drug-likeness (QED) is 0.298. The molecule has 3 rings (SSSR count). The smallest absolute Gasteiger partial charge is 0.468 e. The molecule has 0 saturated carbocycles. The highest BCUT2D eigenvalue weighted by atomic mass is 28.4. The van der Waals surface area contributed by atoms with Gasteiger partial charge in [0.25, 0.3) is 0 Å². The molecule has 0 amide bonds. The maximum Gasteiger partial charge on any atom is 0.495 e. The Kier molecular flexibility index (Phi) is 6.58. The van der Waals surface area contributed by atoms with Crippen molar-refractivity contribution in [2.24, 2.45) is 0 Å². The Morgan fingerprint density at radius 1 is 1.09 bits per heavy atom. The van der Waals surface area contributed by atoms with Crippen molar-refractivity contribution in [1.82, 2.24) is 0 Å². The molecule has 0 unspecified atom stereocenters. The molecule has 2 aromatic carbocycles. The number of rotatable bonds is 9. The number of hydrogen-bond acceptors (Lipinski definition) is 5. The summed E-state index contributed by atoms with van der Waals surface area (Å²) >= 11 is 0. The van der Waals surface area contributed by atoms with E-state index in [-0.39, 0.29) is 17.2 Å². The van der Waals surface area contributed by atoms with E-state index in [1.54, 1.807) is 12.1 Å². The lowest BCUT2D eigenvalue weighted by Crippen LogP contribution is -2.41. The van der Waals surface area contributed by atoms with Gasteiger partial charge in [0.1, 0.15) is 11.6 Å². The summed E-state index contributed by atoms with van der Waals surface area (Å²) < 4.78 is 80.6. The van der Waals surface area contributed by atoms with Gasteiger partial charge in [-0.3, -0.25) is 0 Å². The van der Waals surface area contributed by atoms with Crippen LogP contribution in [0.15, 0.2) is 24.3 Å². The van der Waals surface area contributed by atoms with Crippen LogP contribution in [0.1, 0.15) is 65.9 Å². The molecule has 0 atom stereocenters. The third kappa shape index (κ3) is 5.93. The summed E-state index contributed by atoms with van der Waals surface area (Å²) in [5.74, 6) is -0.469. The minimum absolute atomic E-state index is 0.0312. The predicted octanol–water partition coefficient (Wildman–Crippen LogP) is 6.22. The normalized spacial score (nSPS) is 20.4. The van der Waals surface area contributed by atoms with Gasteiger partial charge in [0, 0.05) is 19.2 Å². The maximum absolute atomic E-state index is 15.7. The van der Waals surface area contributed by atoms with E-state index in [0.717, 1.165) is 6.07 Å². The molecule has 0 bridgehead atoms. The lowest BCUT2D eigenvalue weighted by atomic mass is 9.74. The molecule has 1 aliphatic heterocycles. The van der Waals surface area contributed by atoms with Crippen molar-refractivity contribution in [1.29, 1.82) is 0 Å². The molecular weight excluding hydrogens is 462 g/mol. The van der Waals surface area contributed by atoms with Crippen LogP contribution in [0.25, 0.3) is 10.8 Å². The molecule has 1 aliphatic rings. The highest BCUT2D eigenvalue weighted by Crippen LogP contribution is 2.39. The van der Waals surface area contributed by atoms with Gasteiger partial charge in [-0.15, -0.1) is 0 Å². The number of halogens is 1. The van der Waals surface area contributed by atoms with Gasteiger partial charge in [-0.25, -0.2) is 4.39 Å². The fraction of sp³-hybridized carbons (Fsp3) is 0.630. The number of benzene rings is 2. The summed E-state index contributed by atoms with van der Waals surface area (Å²) in [7, 11) is -1.90. The number of ether oxygens (including phenoxy) is 2. The van der Waals surface area contributed by atoms with Crippen molar-refractivity contribution in [3.63, 3.8) is 0 Å². The molecule has 0 aliphatic carbocycles. The first-order valence-corrected chi connectivity index (χ1v) is 14.9. The van der Waals surface area contributed by atoms with Gasteiger partial charge in [-0.2, -0.15) is 0 Å². The zero-order valence-corrected chi connectivity index (χ0v) is 23.7. The zero-order chi connectivity index (χ0) is 29.8. The molecule has 194 valence electrons. The van der Waals surface area contributed by atoms with Crippen molar-refractivity contribution in [2.45, 2.75) is 90.5 Å². The van der Waals surface area contributed by atoms with E-state index in [0.29, 0.717) is 16.6 Å². The molecule has 2 aromatic rings. The van der Waals surface area contributed by atoms with Crippen molar-refractivity contribution in [2.75, 3.05) is 20.5 Å². The van der Waals surface area contributed by atoms with Crippen LogP contribution in [0.2, 0.25) is 18.1 Å². The van der Waals surface area contributed by atoms with Crippen LogP contribution >= 0.6 is 0 Å². The van der Waals surface area contributed by atoms with E-state index in [9.17, 15) is 0 Å². The number of fused-ring (bicyclic) bond motifs is 1. The third-order valence-electron chi connectivity index (χ3n) is 7.45. The Morgan fingerprint density at radius 2 is 1.71 bits per heavy atom. The van der Waals surface area contributed by atoms with Crippen molar-refractivity contribution in [3.05, 3.63) is 35.6 Å². The SMILES string of the molecule is [2H]C([2H])(CO[Si](C)(C)C(C)(C)C)C([2H])([2H])c1c(F)ccc2cc(OCOC)cc(B3OC(C)(C)C(C)(C)O3)c12. The Hall–Kier alpha value is -1.45. The first-order valence-electron chi connectivity index (χ1n) is 14.0. The number of hydrogen-bond donors (Lipinski definition) is 0. The molecule has 1 heterocycles.